The van der Waals surface area contributed by atoms with Crippen LogP contribution in [0.2, 0.25) is 5.02 Å². The van der Waals surface area contributed by atoms with Crippen molar-refractivity contribution in [1.82, 2.24) is 10.3 Å². The summed E-state index contributed by atoms with van der Waals surface area (Å²) in [4.78, 5) is 16.1. The predicted molar refractivity (Wildman–Crippen MR) is 82.8 cm³/mol. The van der Waals surface area contributed by atoms with Crippen LogP contribution in [0.5, 0.6) is 5.88 Å². The molecule has 0 aliphatic heterocycles. The number of hydrogen-bond acceptors (Lipinski definition) is 4. The third-order valence-electron chi connectivity index (χ3n) is 2.93. The number of halogens is 1. The molecule has 0 spiro atoms. The van der Waals surface area contributed by atoms with Crippen molar-refractivity contribution in [1.29, 1.82) is 0 Å². The third kappa shape index (κ3) is 5.89. The zero-order chi connectivity index (χ0) is 16.0. The Labute approximate surface area is 130 Å². The summed E-state index contributed by atoms with van der Waals surface area (Å²) in [6.45, 7) is 8.47. The molecular weight excluding hydrogens is 292 g/mol. The first-order valence-electron chi connectivity index (χ1n) is 7.00. The molecule has 1 amide bonds. The molecule has 1 atom stereocenters. The number of nitrogens with one attached hydrogen (secondary N) is 1. The minimum Gasteiger partial charge on any atom is -0.477 e. The molecule has 1 unspecified atom stereocenters. The number of rotatable bonds is 7. The average molecular weight is 315 g/mol. The molecule has 118 valence electrons. The number of hydrogen-bond donors (Lipinski definition) is 2. The van der Waals surface area contributed by atoms with E-state index in [-0.39, 0.29) is 11.3 Å². The highest BCUT2D eigenvalue weighted by Gasteiger charge is 2.21. The van der Waals surface area contributed by atoms with E-state index in [0.717, 1.165) is 0 Å². The molecule has 0 radical (unpaired) electrons. The molecule has 0 bridgehead atoms. The molecule has 1 heterocycles. The van der Waals surface area contributed by atoms with E-state index in [1.165, 1.54) is 12.3 Å². The number of aromatic nitrogens is 1. The van der Waals surface area contributed by atoms with Crippen LogP contribution in [0.1, 0.15) is 44.5 Å². The van der Waals surface area contributed by atoms with Crippen molar-refractivity contribution >= 4 is 17.5 Å². The number of carbonyl (C=O) groups excluding carboxylic acids is 1. The summed E-state index contributed by atoms with van der Waals surface area (Å²) >= 11 is 6.01. The first-order chi connectivity index (χ1) is 9.75. The summed E-state index contributed by atoms with van der Waals surface area (Å²) in [5, 5.41) is 12.6. The molecular formula is C15H23ClN2O3. The molecule has 1 aromatic heterocycles. The maximum Gasteiger partial charge on any atom is 0.252 e. The van der Waals surface area contributed by atoms with Crippen LogP contribution in [0.25, 0.3) is 0 Å². The molecule has 0 aliphatic carbocycles. The third-order valence-corrected chi connectivity index (χ3v) is 3.20. The van der Waals surface area contributed by atoms with Gasteiger partial charge in [-0.1, -0.05) is 25.4 Å². The molecule has 0 saturated carbocycles. The smallest absolute Gasteiger partial charge is 0.252 e. The number of ether oxygens (including phenoxy) is 1. The van der Waals surface area contributed by atoms with Gasteiger partial charge >= 0.3 is 0 Å². The van der Waals surface area contributed by atoms with Crippen molar-refractivity contribution in [2.45, 2.75) is 40.2 Å². The molecule has 6 heteroatoms. The maximum absolute atomic E-state index is 12.1. The Hall–Kier alpha value is -1.33. The zero-order valence-electron chi connectivity index (χ0n) is 12.9. The lowest BCUT2D eigenvalue weighted by Crippen LogP contribution is -2.35. The van der Waals surface area contributed by atoms with Crippen LogP contribution in [0, 0.1) is 5.41 Å². The molecule has 2 N–H and O–H groups in total. The number of pyridine rings is 1. The van der Waals surface area contributed by atoms with E-state index in [9.17, 15) is 9.90 Å². The first kappa shape index (κ1) is 17.7. The minimum absolute atomic E-state index is 0.188. The lowest BCUT2D eigenvalue weighted by molar-refractivity contribution is 0.0901. The first-order valence-corrected chi connectivity index (χ1v) is 7.37. The summed E-state index contributed by atoms with van der Waals surface area (Å²) in [6.07, 6.45) is 1.64. The summed E-state index contributed by atoms with van der Waals surface area (Å²) in [5.74, 6) is 0.0799. The van der Waals surface area contributed by atoms with Gasteiger partial charge in [0.2, 0.25) is 5.88 Å². The van der Waals surface area contributed by atoms with Crippen LogP contribution >= 0.6 is 11.6 Å². The second-order valence-electron chi connectivity index (χ2n) is 5.84. The van der Waals surface area contributed by atoms with Gasteiger partial charge in [0.15, 0.2) is 0 Å². The van der Waals surface area contributed by atoms with E-state index in [4.69, 9.17) is 16.3 Å². The number of carbonyl (C=O) groups is 1. The van der Waals surface area contributed by atoms with E-state index in [2.05, 4.69) is 10.3 Å². The molecule has 0 fully saturated rings. The second kappa shape index (κ2) is 7.61. The summed E-state index contributed by atoms with van der Waals surface area (Å²) < 4.78 is 5.23. The van der Waals surface area contributed by atoms with E-state index in [1.54, 1.807) is 6.92 Å². The van der Waals surface area contributed by atoms with Gasteiger partial charge in [-0.05, 0) is 31.7 Å². The molecule has 1 aromatic rings. The van der Waals surface area contributed by atoms with Crippen LogP contribution in [0.4, 0.5) is 0 Å². The van der Waals surface area contributed by atoms with Crippen molar-refractivity contribution in [2.75, 3.05) is 13.2 Å². The topological polar surface area (TPSA) is 71.5 Å². The summed E-state index contributed by atoms with van der Waals surface area (Å²) in [7, 11) is 0. The molecule has 21 heavy (non-hydrogen) atoms. The maximum atomic E-state index is 12.1. The van der Waals surface area contributed by atoms with Gasteiger partial charge < -0.3 is 15.2 Å². The van der Waals surface area contributed by atoms with E-state index >= 15 is 0 Å². The summed E-state index contributed by atoms with van der Waals surface area (Å²) in [6, 6.07) is 1.54. The van der Waals surface area contributed by atoms with Crippen LogP contribution in [0.15, 0.2) is 12.3 Å². The van der Waals surface area contributed by atoms with Gasteiger partial charge in [0.25, 0.3) is 5.91 Å². The lowest BCUT2D eigenvalue weighted by Gasteiger charge is -2.26. The van der Waals surface area contributed by atoms with Gasteiger partial charge in [0, 0.05) is 12.7 Å². The van der Waals surface area contributed by atoms with Gasteiger partial charge in [-0.25, -0.2) is 4.98 Å². The SMILES string of the molecule is CCOc1ncc(C(=O)NCC(C)(C)CC(C)O)cc1Cl. The number of aliphatic hydroxyl groups is 1. The Bertz CT molecular complexity index is 490. The van der Waals surface area contributed by atoms with Gasteiger partial charge in [0.1, 0.15) is 5.02 Å². The fourth-order valence-corrected chi connectivity index (χ4v) is 2.31. The van der Waals surface area contributed by atoms with Crippen molar-refractivity contribution in [3.63, 3.8) is 0 Å². The Morgan fingerprint density at radius 2 is 2.24 bits per heavy atom. The molecule has 0 aromatic carbocycles. The standard InChI is InChI=1S/C15H23ClN2O3/c1-5-21-14-12(16)6-11(8-17-14)13(20)18-9-15(3,4)7-10(2)19/h6,8,10,19H,5,7,9H2,1-4H3,(H,18,20). The molecule has 5 nitrogen and oxygen atoms in total. The van der Waals surface area contributed by atoms with Crippen LogP contribution in [0.3, 0.4) is 0 Å². The molecule has 0 aliphatic rings. The highest BCUT2D eigenvalue weighted by Crippen LogP contribution is 2.23. The monoisotopic (exact) mass is 314 g/mol. The highest BCUT2D eigenvalue weighted by molar-refractivity contribution is 6.32. The number of nitrogens with zero attached hydrogens (tertiary/aromatic N) is 1. The largest absolute Gasteiger partial charge is 0.477 e. The highest BCUT2D eigenvalue weighted by atomic mass is 35.5. The number of aliphatic hydroxyl groups excluding tert-OH is 1. The van der Waals surface area contributed by atoms with E-state index < -0.39 is 6.10 Å². The Morgan fingerprint density at radius 3 is 2.76 bits per heavy atom. The van der Waals surface area contributed by atoms with Crippen LogP contribution in [-0.4, -0.2) is 35.3 Å². The van der Waals surface area contributed by atoms with Crippen molar-refractivity contribution in [3.8, 4) is 5.88 Å². The van der Waals surface area contributed by atoms with Crippen LogP contribution in [-0.2, 0) is 0 Å². The fraction of sp³-hybridized carbons (Fsp3) is 0.600. The van der Waals surface area contributed by atoms with Gasteiger partial charge in [-0.15, -0.1) is 0 Å². The van der Waals surface area contributed by atoms with Crippen LogP contribution < -0.4 is 10.1 Å². The van der Waals surface area contributed by atoms with Gasteiger partial charge in [-0.3, -0.25) is 4.79 Å². The van der Waals surface area contributed by atoms with E-state index in [0.29, 0.717) is 36.0 Å². The number of amides is 1. The Morgan fingerprint density at radius 1 is 1.57 bits per heavy atom. The normalized spacial score (nSPS) is 12.9. The Balaban J connectivity index is 2.66. The van der Waals surface area contributed by atoms with Crippen molar-refractivity contribution in [2.24, 2.45) is 5.41 Å². The lowest BCUT2D eigenvalue weighted by atomic mass is 9.87. The molecule has 0 saturated heterocycles. The zero-order valence-corrected chi connectivity index (χ0v) is 13.7. The second-order valence-corrected chi connectivity index (χ2v) is 6.25. The van der Waals surface area contributed by atoms with Crippen molar-refractivity contribution < 1.29 is 14.6 Å². The minimum atomic E-state index is -0.404. The summed E-state index contributed by atoms with van der Waals surface area (Å²) in [5.41, 5.74) is 0.197. The predicted octanol–water partition coefficient (Wildman–Crippen LogP) is 2.66. The van der Waals surface area contributed by atoms with Gasteiger partial charge in [0.05, 0.1) is 18.3 Å². The van der Waals surface area contributed by atoms with Gasteiger partial charge in [-0.2, -0.15) is 0 Å². The quantitative estimate of drug-likeness (QED) is 0.811. The molecule has 1 rings (SSSR count). The fourth-order valence-electron chi connectivity index (χ4n) is 2.09. The average Bonchev–Trinajstić information content (AvgIpc) is 2.37. The van der Waals surface area contributed by atoms with Crippen molar-refractivity contribution in [3.05, 3.63) is 22.8 Å². The Kier molecular flexibility index (Phi) is 6.42. The van der Waals surface area contributed by atoms with E-state index in [1.807, 2.05) is 20.8 Å².